The van der Waals surface area contributed by atoms with E-state index < -0.39 is 10.0 Å². The molecular formula is C15H20N2O3S. The maximum atomic E-state index is 12.6. The molecule has 114 valence electrons. The second-order valence-corrected chi connectivity index (χ2v) is 7.47. The minimum Gasteiger partial charge on any atom is -0.381 e. The van der Waals surface area contributed by atoms with Gasteiger partial charge in [-0.3, -0.25) is 0 Å². The zero-order valence-corrected chi connectivity index (χ0v) is 13.2. The van der Waals surface area contributed by atoms with Crippen LogP contribution in [0.15, 0.2) is 23.1 Å². The van der Waals surface area contributed by atoms with E-state index in [9.17, 15) is 8.42 Å². The Hall–Kier alpha value is -1.42. The summed E-state index contributed by atoms with van der Waals surface area (Å²) in [6.07, 6.45) is 1.79. The van der Waals surface area contributed by atoms with Crippen LogP contribution in [0.2, 0.25) is 0 Å². The molecule has 0 aliphatic carbocycles. The molecule has 1 aromatic rings. The standard InChI is InChI=1S/C15H20N2O3S/c1-12-9-15(4-3-14(12)10-16)21(18,19)17(2)11-13-5-7-20-8-6-13/h3-4,9,13H,5-8,11H2,1-2H3. The Bertz CT molecular complexity index is 643. The van der Waals surface area contributed by atoms with Gasteiger partial charge in [0.05, 0.1) is 16.5 Å². The van der Waals surface area contributed by atoms with Gasteiger partial charge in [-0.25, -0.2) is 12.7 Å². The highest BCUT2D eigenvalue weighted by Crippen LogP contribution is 2.22. The zero-order valence-electron chi connectivity index (χ0n) is 12.4. The lowest BCUT2D eigenvalue weighted by molar-refractivity contribution is 0.0620. The minimum atomic E-state index is -3.50. The van der Waals surface area contributed by atoms with Crippen LogP contribution in [0.25, 0.3) is 0 Å². The van der Waals surface area contributed by atoms with Crippen LogP contribution in [0.3, 0.4) is 0 Å². The first-order valence-corrected chi connectivity index (χ1v) is 8.44. The van der Waals surface area contributed by atoms with Gasteiger partial charge in [-0.15, -0.1) is 0 Å². The monoisotopic (exact) mass is 308 g/mol. The van der Waals surface area contributed by atoms with Crippen molar-refractivity contribution < 1.29 is 13.2 Å². The van der Waals surface area contributed by atoms with Gasteiger partial charge in [-0.2, -0.15) is 5.26 Å². The normalized spacial score (nSPS) is 16.9. The summed E-state index contributed by atoms with van der Waals surface area (Å²) in [5.41, 5.74) is 1.18. The Morgan fingerprint density at radius 2 is 2.05 bits per heavy atom. The summed E-state index contributed by atoms with van der Waals surface area (Å²) in [6, 6.07) is 6.67. The highest BCUT2D eigenvalue weighted by molar-refractivity contribution is 7.89. The van der Waals surface area contributed by atoms with Crippen LogP contribution in [0.5, 0.6) is 0 Å². The topological polar surface area (TPSA) is 70.4 Å². The van der Waals surface area contributed by atoms with Crippen molar-refractivity contribution in [3.05, 3.63) is 29.3 Å². The highest BCUT2D eigenvalue weighted by atomic mass is 32.2. The van der Waals surface area contributed by atoms with Crippen molar-refractivity contribution in [1.82, 2.24) is 4.31 Å². The smallest absolute Gasteiger partial charge is 0.242 e. The van der Waals surface area contributed by atoms with Crippen LogP contribution in [0.1, 0.15) is 24.0 Å². The maximum absolute atomic E-state index is 12.6. The number of ether oxygens (including phenoxy) is 1. The van der Waals surface area contributed by atoms with Crippen LogP contribution in [-0.2, 0) is 14.8 Å². The fourth-order valence-electron chi connectivity index (χ4n) is 2.49. The molecule has 1 aliphatic rings. The van der Waals surface area contributed by atoms with E-state index in [-0.39, 0.29) is 4.90 Å². The van der Waals surface area contributed by atoms with Gasteiger partial charge in [0, 0.05) is 26.8 Å². The zero-order chi connectivity index (χ0) is 15.5. The van der Waals surface area contributed by atoms with Gasteiger partial charge in [0.25, 0.3) is 0 Å². The lowest BCUT2D eigenvalue weighted by Crippen LogP contribution is -2.34. The van der Waals surface area contributed by atoms with Crippen molar-refractivity contribution >= 4 is 10.0 Å². The number of hydrogen-bond acceptors (Lipinski definition) is 4. The summed E-state index contributed by atoms with van der Waals surface area (Å²) in [4.78, 5) is 0.244. The average Bonchev–Trinajstić information content (AvgIpc) is 2.48. The summed E-state index contributed by atoms with van der Waals surface area (Å²) in [5.74, 6) is 0.345. The first kappa shape index (κ1) is 16.0. The van der Waals surface area contributed by atoms with E-state index in [0.717, 1.165) is 12.8 Å². The number of aryl methyl sites for hydroxylation is 1. The molecule has 0 N–H and O–H groups in total. The lowest BCUT2D eigenvalue weighted by Gasteiger charge is -2.26. The van der Waals surface area contributed by atoms with Crippen molar-refractivity contribution in [2.45, 2.75) is 24.7 Å². The van der Waals surface area contributed by atoms with Crippen molar-refractivity contribution in [3.63, 3.8) is 0 Å². The third-order valence-corrected chi connectivity index (χ3v) is 5.70. The summed E-state index contributed by atoms with van der Waals surface area (Å²) in [6.45, 7) is 3.66. The number of sulfonamides is 1. The Balaban J connectivity index is 2.16. The van der Waals surface area contributed by atoms with Crippen molar-refractivity contribution in [3.8, 4) is 6.07 Å². The minimum absolute atomic E-state index is 0.244. The quantitative estimate of drug-likeness (QED) is 0.852. The van der Waals surface area contributed by atoms with E-state index >= 15 is 0 Å². The van der Waals surface area contributed by atoms with Gasteiger partial charge in [0.15, 0.2) is 0 Å². The molecule has 5 nitrogen and oxygen atoms in total. The van der Waals surface area contributed by atoms with Crippen LogP contribution in [-0.4, -0.2) is 39.5 Å². The van der Waals surface area contributed by atoms with Crippen LogP contribution >= 0.6 is 0 Å². The third-order valence-electron chi connectivity index (χ3n) is 3.88. The first-order valence-electron chi connectivity index (χ1n) is 7.00. The van der Waals surface area contributed by atoms with Crippen LogP contribution < -0.4 is 0 Å². The summed E-state index contributed by atoms with van der Waals surface area (Å²) >= 11 is 0. The molecule has 2 rings (SSSR count). The second kappa shape index (κ2) is 6.56. The molecule has 0 amide bonds. The molecule has 0 radical (unpaired) electrons. The lowest BCUT2D eigenvalue weighted by atomic mass is 10.0. The summed E-state index contributed by atoms with van der Waals surface area (Å²) in [7, 11) is -1.89. The average molecular weight is 308 g/mol. The molecule has 1 saturated heterocycles. The molecule has 0 unspecified atom stereocenters. The molecule has 6 heteroatoms. The van der Waals surface area contributed by atoms with Crippen LogP contribution in [0.4, 0.5) is 0 Å². The van der Waals surface area contributed by atoms with Gasteiger partial charge in [0.1, 0.15) is 0 Å². The molecule has 0 saturated carbocycles. The van der Waals surface area contributed by atoms with Gasteiger partial charge in [0.2, 0.25) is 10.0 Å². The molecule has 1 aromatic carbocycles. The molecule has 0 atom stereocenters. The molecule has 0 aromatic heterocycles. The molecular weight excluding hydrogens is 288 g/mol. The first-order chi connectivity index (χ1) is 9.95. The Kier molecular flexibility index (Phi) is 4.99. The Morgan fingerprint density at radius 1 is 1.38 bits per heavy atom. The predicted molar refractivity (Wildman–Crippen MR) is 79.3 cm³/mol. The van der Waals surface area contributed by atoms with Crippen molar-refractivity contribution in [2.75, 3.05) is 26.8 Å². The third kappa shape index (κ3) is 3.62. The van der Waals surface area contributed by atoms with E-state index in [0.29, 0.717) is 36.8 Å². The number of nitrogens with zero attached hydrogens (tertiary/aromatic N) is 2. The van der Waals surface area contributed by atoms with Crippen LogP contribution in [0, 0.1) is 24.2 Å². The maximum Gasteiger partial charge on any atom is 0.242 e. The van der Waals surface area contributed by atoms with Gasteiger partial charge in [-0.05, 0) is 49.4 Å². The number of benzene rings is 1. The molecule has 0 bridgehead atoms. The molecule has 1 heterocycles. The fraction of sp³-hybridized carbons (Fsp3) is 0.533. The number of nitriles is 1. The van der Waals surface area contributed by atoms with E-state index in [1.54, 1.807) is 26.1 Å². The Morgan fingerprint density at radius 3 is 2.62 bits per heavy atom. The molecule has 1 aliphatic heterocycles. The highest BCUT2D eigenvalue weighted by Gasteiger charge is 2.25. The van der Waals surface area contributed by atoms with E-state index in [1.807, 2.05) is 6.07 Å². The SMILES string of the molecule is Cc1cc(S(=O)(=O)N(C)CC2CCOCC2)ccc1C#N. The summed E-state index contributed by atoms with van der Waals surface area (Å²) < 4.78 is 31.8. The fourth-order valence-corrected chi connectivity index (χ4v) is 3.83. The second-order valence-electron chi connectivity index (χ2n) is 5.43. The van der Waals surface area contributed by atoms with E-state index in [2.05, 4.69) is 0 Å². The molecule has 21 heavy (non-hydrogen) atoms. The van der Waals surface area contributed by atoms with Gasteiger partial charge >= 0.3 is 0 Å². The van der Waals surface area contributed by atoms with Gasteiger partial charge in [-0.1, -0.05) is 0 Å². The van der Waals surface area contributed by atoms with E-state index in [4.69, 9.17) is 10.00 Å². The Labute approximate surface area is 126 Å². The van der Waals surface area contributed by atoms with Crippen molar-refractivity contribution in [2.24, 2.45) is 5.92 Å². The van der Waals surface area contributed by atoms with Gasteiger partial charge < -0.3 is 4.74 Å². The predicted octanol–water partition coefficient (Wildman–Crippen LogP) is 1.91. The number of rotatable bonds is 4. The molecule has 0 spiro atoms. The van der Waals surface area contributed by atoms with E-state index in [1.165, 1.54) is 10.4 Å². The number of hydrogen-bond donors (Lipinski definition) is 0. The summed E-state index contributed by atoms with van der Waals surface area (Å²) in [5, 5.41) is 8.92. The largest absolute Gasteiger partial charge is 0.381 e. The van der Waals surface area contributed by atoms with Crippen molar-refractivity contribution in [1.29, 1.82) is 5.26 Å². The molecule has 1 fully saturated rings.